The van der Waals surface area contributed by atoms with Crippen LogP contribution in [0.15, 0.2) is 54.7 Å². The van der Waals surface area contributed by atoms with E-state index in [1.807, 2.05) is 12.1 Å². The molecule has 154 valence electrons. The van der Waals surface area contributed by atoms with Crippen LogP contribution >= 0.6 is 0 Å². The fraction of sp³-hybridized carbons (Fsp3) is 0.167. The summed E-state index contributed by atoms with van der Waals surface area (Å²) in [5.74, 6) is -0.335. The van der Waals surface area contributed by atoms with Crippen LogP contribution in [0.1, 0.15) is 32.9 Å². The number of nitrogens with zero attached hydrogens (tertiary/aromatic N) is 3. The molecule has 1 N–H and O–H groups in total. The van der Waals surface area contributed by atoms with Crippen LogP contribution in [0.25, 0.3) is 11.6 Å². The normalized spacial score (nSPS) is 13.4. The van der Waals surface area contributed by atoms with Gasteiger partial charge in [0.1, 0.15) is 17.9 Å². The van der Waals surface area contributed by atoms with Crippen molar-refractivity contribution >= 4 is 17.6 Å². The van der Waals surface area contributed by atoms with Crippen LogP contribution < -0.4 is 9.47 Å². The highest BCUT2D eigenvalue weighted by molar-refractivity contribution is 5.90. The Balaban J connectivity index is 1.62. The Morgan fingerprint density at radius 3 is 2.55 bits per heavy atom. The molecular formula is C24H19N3O4. The number of rotatable bonds is 6. The van der Waals surface area contributed by atoms with E-state index in [4.69, 9.17) is 14.6 Å². The summed E-state index contributed by atoms with van der Waals surface area (Å²) in [6, 6.07) is 16.7. The van der Waals surface area contributed by atoms with Gasteiger partial charge in [-0.3, -0.25) is 0 Å². The molecule has 0 spiro atoms. The van der Waals surface area contributed by atoms with Gasteiger partial charge >= 0.3 is 5.97 Å². The highest BCUT2D eigenvalue weighted by Crippen LogP contribution is 2.31. The van der Waals surface area contributed by atoms with Crippen molar-refractivity contribution in [3.05, 3.63) is 82.8 Å². The zero-order valence-corrected chi connectivity index (χ0v) is 16.8. The van der Waals surface area contributed by atoms with Crippen LogP contribution in [0.3, 0.4) is 0 Å². The SMILES string of the molecule is COc1ccc(C(C#N)=Cc2ccnc(C(=O)O)c2)nc1OC1Cc2ccccc2C1. The van der Waals surface area contributed by atoms with Gasteiger partial charge in [0.25, 0.3) is 5.88 Å². The van der Waals surface area contributed by atoms with Crippen molar-refractivity contribution in [3.8, 4) is 17.7 Å². The van der Waals surface area contributed by atoms with Gasteiger partial charge in [-0.05, 0) is 47.0 Å². The van der Waals surface area contributed by atoms with Crippen molar-refractivity contribution in [1.82, 2.24) is 9.97 Å². The second kappa shape index (κ2) is 8.67. The summed E-state index contributed by atoms with van der Waals surface area (Å²) in [7, 11) is 1.54. The molecule has 31 heavy (non-hydrogen) atoms. The average Bonchev–Trinajstić information content (AvgIpc) is 3.20. The zero-order valence-electron chi connectivity index (χ0n) is 16.8. The number of pyridine rings is 2. The standard InChI is InChI=1S/C24H19N3O4/c1-30-22-7-6-20(18(14-25)10-15-8-9-26-21(11-15)24(28)29)27-23(22)31-19-12-16-4-2-3-5-17(16)13-19/h2-11,19H,12-13H2,1H3,(H,28,29). The fourth-order valence-electron chi connectivity index (χ4n) is 3.56. The Hall–Kier alpha value is -4.18. The van der Waals surface area contributed by atoms with Crippen LogP contribution in [0, 0.1) is 11.3 Å². The van der Waals surface area contributed by atoms with E-state index in [9.17, 15) is 10.1 Å². The van der Waals surface area contributed by atoms with Gasteiger partial charge in [0.2, 0.25) is 0 Å². The minimum absolute atomic E-state index is 0.0677. The maximum absolute atomic E-state index is 11.1. The number of carboxylic acid groups (broad SMARTS) is 1. The van der Waals surface area contributed by atoms with Crippen molar-refractivity contribution in [2.45, 2.75) is 18.9 Å². The molecular weight excluding hydrogens is 394 g/mol. The first-order valence-corrected chi connectivity index (χ1v) is 9.67. The van der Waals surface area contributed by atoms with Crippen molar-refractivity contribution in [2.24, 2.45) is 0 Å². The first kappa shape index (κ1) is 20.1. The van der Waals surface area contributed by atoms with Gasteiger partial charge in [0.15, 0.2) is 5.75 Å². The van der Waals surface area contributed by atoms with Crippen molar-refractivity contribution in [2.75, 3.05) is 7.11 Å². The number of hydrogen-bond acceptors (Lipinski definition) is 6. The summed E-state index contributed by atoms with van der Waals surface area (Å²) in [6.07, 6.45) is 4.44. The second-order valence-electron chi connectivity index (χ2n) is 7.07. The number of carbonyl (C=O) groups is 1. The number of aromatic carboxylic acids is 1. The second-order valence-corrected chi connectivity index (χ2v) is 7.07. The van der Waals surface area contributed by atoms with Gasteiger partial charge in [-0.15, -0.1) is 0 Å². The number of nitriles is 1. The van der Waals surface area contributed by atoms with Crippen LogP contribution in [0.4, 0.5) is 0 Å². The minimum Gasteiger partial charge on any atom is -0.491 e. The Morgan fingerprint density at radius 2 is 1.90 bits per heavy atom. The number of carboxylic acids is 1. The molecule has 7 nitrogen and oxygen atoms in total. The summed E-state index contributed by atoms with van der Waals surface area (Å²) in [6.45, 7) is 0. The lowest BCUT2D eigenvalue weighted by atomic mass is 10.1. The summed E-state index contributed by atoms with van der Waals surface area (Å²) in [5.41, 5.74) is 3.63. The number of fused-ring (bicyclic) bond motifs is 1. The molecule has 2 heterocycles. The number of hydrogen-bond donors (Lipinski definition) is 1. The van der Waals surface area contributed by atoms with E-state index in [-0.39, 0.29) is 17.4 Å². The highest BCUT2D eigenvalue weighted by atomic mass is 16.5. The maximum atomic E-state index is 11.1. The molecule has 1 aliphatic carbocycles. The molecule has 2 aromatic heterocycles. The predicted octanol–water partition coefficient (Wildman–Crippen LogP) is 3.79. The Kier molecular flexibility index (Phi) is 5.63. The highest BCUT2D eigenvalue weighted by Gasteiger charge is 2.24. The lowest BCUT2D eigenvalue weighted by Crippen LogP contribution is -2.17. The molecule has 0 bridgehead atoms. The molecule has 0 unspecified atom stereocenters. The lowest BCUT2D eigenvalue weighted by molar-refractivity contribution is 0.0690. The summed E-state index contributed by atoms with van der Waals surface area (Å²) >= 11 is 0. The summed E-state index contributed by atoms with van der Waals surface area (Å²) in [5, 5.41) is 18.8. The molecule has 0 fully saturated rings. The van der Waals surface area contributed by atoms with Crippen molar-refractivity contribution in [3.63, 3.8) is 0 Å². The fourth-order valence-corrected chi connectivity index (χ4v) is 3.56. The van der Waals surface area contributed by atoms with E-state index in [1.54, 1.807) is 31.4 Å². The molecule has 1 aliphatic rings. The third kappa shape index (κ3) is 4.38. The molecule has 3 aromatic rings. The molecule has 0 amide bonds. The smallest absolute Gasteiger partial charge is 0.354 e. The average molecular weight is 413 g/mol. The summed E-state index contributed by atoms with van der Waals surface area (Å²) < 4.78 is 11.6. The molecule has 0 atom stereocenters. The number of benzene rings is 1. The van der Waals surface area contributed by atoms with E-state index >= 15 is 0 Å². The van der Waals surface area contributed by atoms with Crippen LogP contribution in [-0.4, -0.2) is 34.3 Å². The van der Waals surface area contributed by atoms with Crippen molar-refractivity contribution < 1.29 is 19.4 Å². The minimum atomic E-state index is -1.13. The molecule has 4 rings (SSSR count). The predicted molar refractivity (Wildman–Crippen MR) is 114 cm³/mol. The molecule has 0 radical (unpaired) electrons. The molecule has 0 saturated heterocycles. The zero-order chi connectivity index (χ0) is 21.8. The maximum Gasteiger partial charge on any atom is 0.354 e. The Labute approximate surface area is 179 Å². The lowest BCUT2D eigenvalue weighted by Gasteiger charge is -2.15. The number of methoxy groups -OCH3 is 1. The van der Waals surface area contributed by atoms with E-state index in [0.29, 0.717) is 22.9 Å². The third-order valence-electron chi connectivity index (χ3n) is 5.05. The molecule has 7 heteroatoms. The first-order chi connectivity index (χ1) is 15.1. The largest absolute Gasteiger partial charge is 0.491 e. The van der Waals surface area contributed by atoms with Gasteiger partial charge in [-0.2, -0.15) is 5.26 Å². The number of allylic oxidation sites excluding steroid dienone is 1. The summed E-state index contributed by atoms with van der Waals surface area (Å²) in [4.78, 5) is 19.5. The van der Waals surface area contributed by atoms with Crippen LogP contribution in [-0.2, 0) is 12.8 Å². The van der Waals surface area contributed by atoms with Gasteiger partial charge in [-0.25, -0.2) is 14.8 Å². The quantitative estimate of drug-likeness (QED) is 0.613. The Bertz CT molecular complexity index is 1190. The number of aromatic nitrogens is 2. The molecule has 0 aliphatic heterocycles. The van der Waals surface area contributed by atoms with E-state index in [0.717, 1.165) is 12.8 Å². The third-order valence-corrected chi connectivity index (χ3v) is 5.05. The van der Waals surface area contributed by atoms with E-state index in [1.165, 1.54) is 23.4 Å². The van der Waals surface area contributed by atoms with Gasteiger partial charge in [0, 0.05) is 19.0 Å². The molecule has 0 saturated carbocycles. The van der Waals surface area contributed by atoms with Crippen LogP contribution in [0.2, 0.25) is 0 Å². The van der Waals surface area contributed by atoms with Crippen molar-refractivity contribution in [1.29, 1.82) is 5.26 Å². The Morgan fingerprint density at radius 1 is 1.16 bits per heavy atom. The topological polar surface area (TPSA) is 105 Å². The monoisotopic (exact) mass is 413 g/mol. The van der Waals surface area contributed by atoms with E-state index in [2.05, 4.69) is 28.2 Å². The van der Waals surface area contributed by atoms with Gasteiger partial charge < -0.3 is 14.6 Å². The number of ether oxygens (including phenoxy) is 2. The molecule has 1 aromatic carbocycles. The van der Waals surface area contributed by atoms with Gasteiger partial charge in [-0.1, -0.05) is 24.3 Å². The van der Waals surface area contributed by atoms with Crippen LogP contribution in [0.5, 0.6) is 11.6 Å². The van der Waals surface area contributed by atoms with E-state index < -0.39 is 5.97 Å². The van der Waals surface area contributed by atoms with Gasteiger partial charge in [0.05, 0.1) is 18.4 Å². The first-order valence-electron chi connectivity index (χ1n) is 9.67.